The quantitative estimate of drug-likeness (QED) is 0.752. The van der Waals surface area contributed by atoms with Crippen molar-refractivity contribution in [3.63, 3.8) is 0 Å². The van der Waals surface area contributed by atoms with E-state index in [-0.39, 0.29) is 5.91 Å². The van der Waals surface area contributed by atoms with Crippen LogP contribution in [-0.2, 0) is 4.79 Å². The molecule has 4 heteroatoms. The Bertz CT molecular complexity index is 403. The largest absolute Gasteiger partial charge is 0.492 e. The van der Waals surface area contributed by atoms with Crippen LogP contribution in [0, 0.1) is 6.92 Å². The number of aryl methyl sites for hydroxylation is 1. The van der Waals surface area contributed by atoms with Gasteiger partial charge in [0.15, 0.2) is 0 Å². The van der Waals surface area contributed by atoms with Crippen molar-refractivity contribution in [3.8, 4) is 5.75 Å². The fourth-order valence-corrected chi connectivity index (χ4v) is 1.37. The van der Waals surface area contributed by atoms with Crippen LogP contribution in [-0.4, -0.2) is 31.6 Å². The average molecular weight is 250 g/mol. The zero-order valence-electron chi connectivity index (χ0n) is 11.5. The molecule has 0 aliphatic rings. The van der Waals surface area contributed by atoms with Crippen LogP contribution in [0.25, 0.3) is 0 Å². The normalized spacial score (nSPS) is 11.1. The van der Waals surface area contributed by atoms with E-state index in [1.165, 1.54) is 0 Å². The van der Waals surface area contributed by atoms with Gasteiger partial charge in [0.05, 0.1) is 12.1 Å². The lowest BCUT2D eigenvalue weighted by Gasteiger charge is -2.22. The second-order valence-corrected chi connectivity index (χ2v) is 4.80. The summed E-state index contributed by atoms with van der Waals surface area (Å²) in [6.45, 7) is 6.66. The van der Waals surface area contributed by atoms with Crippen LogP contribution in [0.2, 0.25) is 0 Å². The molecule has 100 valence electrons. The van der Waals surface area contributed by atoms with E-state index in [4.69, 9.17) is 4.74 Å². The number of likely N-dealkylation sites (N-methyl/N-ethyl adjacent to an activating group) is 1. The summed E-state index contributed by atoms with van der Waals surface area (Å²) in [6.07, 6.45) is 0. The number of carbonyl (C=O) groups excluding carboxylic acids is 1. The standard InChI is InChI=1S/C14H22N2O2/c1-11-6-5-7-12(10-11)18-9-8-16-13(17)14(2,3)15-4/h5-7,10,15H,8-9H2,1-4H3,(H,16,17). The Morgan fingerprint density at radius 3 is 2.72 bits per heavy atom. The van der Waals surface area contributed by atoms with Crippen LogP contribution in [0.15, 0.2) is 24.3 Å². The van der Waals surface area contributed by atoms with Gasteiger partial charge in [-0.1, -0.05) is 12.1 Å². The van der Waals surface area contributed by atoms with Crippen molar-refractivity contribution >= 4 is 5.91 Å². The smallest absolute Gasteiger partial charge is 0.239 e. The van der Waals surface area contributed by atoms with E-state index in [0.29, 0.717) is 13.2 Å². The van der Waals surface area contributed by atoms with Gasteiger partial charge in [-0.3, -0.25) is 4.79 Å². The molecule has 0 unspecified atom stereocenters. The highest BCUT2D eigenvalue weighted by molar-refractivity contribution is 5.85. The molecule has 0 spiro atoms. The van der Waals surface area contributed by atoms with Crippen molar-refractivity contribution in [1.29, 1.82) is 0 Å². The Kier molecular flexibility index (Phi) is 5.16. The summed E-state index contributed by atoms with van der Waals surface area (Å²) in [5.74, 6) is 0.801. The minimum absolute atomic E-state index is 0.0298. The Hall–Kier alpha value is -1.55. The van der Waals surface area contributed by atoms with Gasteiger partial charge in [-0.25, -0.2) is 0 Å². The van der Waals surface area contributed by atoms with Gasteiger partial charge < -0.3 is 15.4 Å². The lowest BCUT2D eigenvalue weighted by molar-refractivity contribution is -0.126. The van der Waals surface area contributed by atoms with Gasteiger partial charge in [0.1, 0.15) is 12.4 Å². The minimum atomic E-state index is -0.552. The van der Waals surface area contributed by atoms with Crippen LogP contribution in [0.1, 0.15) is 19.4 Å². The third-order valence-corrected chi connectivity index (χ3v) is 2.84. The highest BCUT2D eigenvalue weighted by atomic mass is 16.5. The molecule has 18 heavy (non-hydrogen) atoms. The maximum atomic E-state index is 11.7. The van der Waals surface area contributed by atoms with E-state index in [9.17, 15) is 4.79 Å². The minimum Gasteiger partial charge on any atom is -0.492 e. The van der Waals surface area contributed by atoms with Crippen LogP contribution in [0.5, 0.6) is 5.75 Å². The molecule has 1 aromatic rings. The second-order valence-electron chi connectivity index (χ2n) is 4.80. The monoisotopic (exact) mass is 250 g/mol. The first-order valence-corrected chi connectivity index (χ1v) is 6.12. The lowest BCUT2D eigenvalue weighted by Crippen LogP contribution is -2.51. The fourth-order valence-electron chi connectivity index (χ4n) is 1.37. The summed E-state index contributed by atoms with van der Waals surface area (Å²) in [5, 5.41) is 5.79. The van der Waals surface area contributed by atoms with E-state index >= 15 is 0 Å². The zero-order chi connectivity index (χ0) is 13.6. The zero-order valence-corrected chi connectivity index (χ0v) is 11.5. The molecule has 0 saturated heterocycles. The lowest BCUT2D eigenvalue weighted by atomic mass is 10.1. The highest BCUT2D eigenvalue weighted by Gasteiger charge is 2.24. The van der Waals surface area contributed by atoms with Crippen LogP contribution in [0.3, 0.4) is 0 Å². The summed E-state index contributed by atoms with van der Waals surface area (Å²) in [7, 11) is 1.77. The molecule has 0 heterocycles. The summed E-state index contributed by atoms with van der Waals surface area (Å²) >= 11 is 0. The Labute approximate surface area is 109 Å². The molecule has 0 aliphatic carbocycles. The fraction of sp³-hybridized carbons (Fsp3) is 0.500. The summed E-state index contributed by atoms with van der Waals surface area (Å²) in [5.41, 5.74) is 0.608. The molecule has 0 fully saturated rings. The molecule has 1 rings (SSSR count). The van der Waals surface area contributed by atoms with Crippen molar-refractivity contribution in [2.24, 2.45) is 0 Å². The maximum Gasteiger partial charge on any atom is 0.239 e. The van der Waals surface area contributed by atoms with Gasteiger partial charge >= 0.3 is 0 Å². The molecular weight excluding hydrogens is 228 g/mol. The maximum absolute atomic E-state index is 11.7. The van der Waals surface area contributed by atoms with Crippen molar-refractivity contribution in [3.05, 3.63) is 29.8 Å². The van der Waals surface area contributed by atoms with Gasteiger partial charge in [-0.05, 0) is 45.5 Å². The van der Waals surface area contributed by atoms with E-state index < -0.39 is 5.54 Å². The van der Waals surface area contributed by atoms with E-state index in [0.717, 1.165) is 11.3 Å². The van der Waals surface area contributed by atoms with Gasteiger partial charge in [0, 0.05) is 0 Å². The molecule has 0 saturated carbocycles. The van der Waals surface area contributed by atoms with Crippen molar-refractivity contribution in [2.75, 3.05) is 20.2 Å². The topological polar surface area (TPSA) is 50.4 Å². The molecule has 4 nitrogen and oxygen atoms in total. The van der Waals surface area contributed by atoms with Gasteiger partial charge in [-0.15, -0.1) is 0 Å². The number of hydrogen-bond acceptors (Lipinski definition) is 3. The first-order chi connectivity index (χ1) is 8.45. The van der Waals surface area contributed by atoms with E-state index in [1.54, 1.807) is 7.05 Å². The molecule has 0 bridgehead atoms. The second kappa shape index (κ2) is 6.40. The van der Waals surface area contributed by atoms with E-state index in [1.807, 2.05) is 45.0 Å². The van der Waals surface area contributed by atoms with Crippen LogP contribution in [0.4, 0.5) is 0 Å². The number of carbonyl (C=O) groups is 1. The summed E-state index contributed by atoms with van der Waals surface area (Å²) in [4.78, 5) is 11.7. The molecule has 0 aliphatic heterocycles. The average Bonchev–Trinajstić information content (AvgIpc) is 2.34. The van der Waals surface area contributed by atoms with Crippen molar-refractivity contribution in [2.45, 2.75) is 26.3 Å². The third kappa shape index (κ3) is 4.37. The van der Waals surface area contributed by atoms with Gasteiger partial charge in [-0.2, -0.15) is 0 Å². The number of ether oxygens (including phenoxy) is 1. The number of benzene rings is 1. The number of hydrogen-bond donors (Lipinski definition) is 2. The van der Waals surface area contributed by atoms with Crippen molar-refractivity contribution < 1.29 is 9.53 Å². The van der Waals surface area contributed by atoms with Crippen molar-refractivity contribution in [1.82, 2.24) is 10.6 Å². The first kappa shape index (κ1) is 14.5. The van der Waals surface area contributed by atoms with E-state index in [2.05, 4.69) is 10.6 Å². The first-order valence-electron chi connectivity index (χ1n) is 6.12. The molecule has 2 N–H and O–H groups in total. The number of rotatable bonds is 6. The van der Waals surface area contributed by atoms with Crippen LogP contribution < -0.4 is 15.4 Å². The highest BCUT2D eigenvalue weighted by Crippen LogP contribution is 2.11. The number of amides is 1. The number of nitrogens with one attached hydrogen (secondary N) is 2. The third-order valence-electron chi connectivity index (χ3n) is 2.84. The predicted molar refractivity (Wildman–Crippen MR) is 72.8 cm³/mol. The Morgan fingerprint density at radius 2 is 2.11 bits per heavy atom. The van der Waals surface area contributed by atoms with Crippen LogP contribution >= 0.6 is 0 Å². The molecule has 0 aromatic heterocycles. The molecule has 0 radical (unpaired) electrons. The molecule has 0 atom stereocenters. The summed E-state index contributed by atoms with van der Waals surface area (Å²) in [6, 6.07) is 7.85. The Balaban J connectivity index is 2.29. The molecular formula is C14H22N2O2. The SMILES string of the molecule is CNC(C)(C)C(=O)NCCOc1cccc(C)c1. The Morgan fingerprint density at radius 1 is 1.39 bits per heavy atom. The van der Waals surface area contributed by atoms with Gasteiger partial charge in [0.2, 0.25) is 5.91 Å². The predicted octanol–water partition coefficient (Wildman–Crippen LogP) is 1.49. The molecule has 1 amide bonds. The summed E-state index contributed by atoms with van der Waals surface area (Å²) < 4.78 is 5.55. The van der Waals surface area contributed by atoms with Gasteiger partial charge in [0.25, 0.3) is 0 Å². The molecule has 1 aromatic carbocycles.